The molecule has 0 radical (unpaired) electrons. The number of carbonyl (C=O) groups is 1. The summed E-state index contributed by atoms with van der Waals surface area (Å²) < 4.78 is 24.2. The Balaban J connectivity index is 1.90. The number of anilines is 1. The fourth-order valence-electron chi connectivity index (χ4n) is 3.06. The van der Waals surface area contributed by atoms with Gasteiger partial charge in [0.2, 0.25) is 0 Å². The van der Waals surface area contributed by atoms with Crippen molar-refractivity contribution in [3.63, 3.8) is 0 Å². The molecule has 32 heavy (non-hydrogen) atoms. The lowest BCUT2D eigenvalue weighted by Gasteiger charge is -2.35. The van der Waals surface area contributed by atoms with Crippen molar-refractivity contribution in [1.82, 2.24) is 9.97 Å². The number of carbonyl (C=O) groups excluding carboxylic acids is 1. The van der Waals surface area contributed by atoms with Gasteiger partial charge in [-0.05, 0) is 48.9 Å². The maximum Gasteiger partial charge on any atom is 0.267 e. The van der Waals surface area contributed by atoms with Gasteiger partial charge in [-0.1, -0.05) is 12.7 Å². The molecule has 3 rings (SSSR count). The lowest BCUT2D eigenvalue weighted by molar-refractivity contribution is 0.0722. The van der Waals surface area contributed by atoms with Crippen LogP contribution in [0.4, 0.5) is 10.2 Å². The van der Waals surface area contributed by atoms with E-state index in [0.29, 0.717) is 48.5 Å². The van der Waals surface area contributed by atoms with Crippen LogP contribution in [0.2, 0.25) is 0 Å². The molecule has 0 spiro atoms. The number of hydrogen-bond acceptors (Lipinski definition) is 7. The largest absolute Gasteiger partial charge is 0.457 e. The van der Waals surface area contributed by atoms with E-state index in [1.165, 1.54) is 36.4 Å². The molecular formula is C23H25FN4O4. The molecule has 168 valence electrons. The zero-order valence-electron chi connectivity index (χ0n) is 17.7. The Bertz CT molecular complexity index is 1040. The number of ether oxygens (including phenoxy) is 2. The number of morpholine rings is 1. The van der Waals surface area contributed by atoms with E-state index < -0.39 is 5.91 Å². The monoisotopic (exact) mass is 440 g/mol. The first-order chi connectivity index (χ1) is 15.4. The predicted molar refractivity (Wildman–Crippen MR) is 119 cm³/mol. The summed E-state index contributed by atoms with van der Waals surface area (Å²) in [5, 5.41) is 9.67. The molecule has 1 unspecified atom stereocenters. The van der Waals surface area contributed by atoms with Gasteiger partial charge >= 0.3 is 0 Å². The van der Waals surface area contributed by atoms with E-state index in [1.807, 2.05) is 4.90 Å². The van der Waals surface area contributed by atoms with E-state index in [4.69, 9.17) is 15.2 Å². The van der Waals surface area contributed by atoms with E-state index in [2.05, 4.69) is 16.5 Å². The number of rotatable bonds is 8. The van der Waals surface area contributed by atoms with Gasteiger partial charge in [0, 0.05) is 12.6 Å². The van der Waals surface area contributed by atoms with Gasteiger partial charge in [0.1, 0.15) is 28.8 Å². The molecule has 0 aliphatic carbocycles. The number of primary amides is 1. The normalized spacial score (nSPS) is 17.2. The number of aliphatic hydroxyl groups excluding tert-OH is 1. The van der Waals surface area contributed by atoms with Crippen molar-refractivity contribution >= 4 is 17.3 Å². The zero-order valence-corrected chi connectivity index (χ0v) is 17.7. The molecule has 0 bridgehead atoms. The van der Waals surface area contributed by atoms with Crippen molar-refractivity contribution in [2.24, 2.45) is 5.73 Å². The number of benzene rings is 1. The smallest absolute Gasteiger partial charge is 0.267 e. The lowest BCUT2D eigenvalue weighted by Crippen LogP contribution is -2.48. The number of nitrogens with two attached hydrogens (primary N) is 1. The van der Waals surface area contributed by atoms with Gasteiger partial charge in [-0.3, -0.25) is 4.79 Å². The molecule has 1 amide bonds. The van der Waals surface area contributed by atoms with Crippen molar-refractivity contribution in [1.29, 1.82) is 0 Å². The molecule has 1 aromatic heterocycles. The zero-order chi connectivity index (χ0) is 23.1. The van der Waals surface area contributed by atoms with Crippen LogP contribution in [-0.2, 0) is 4.74 Å². The summed E-state index contributed by atoms with van der Waals surface area (Å²) in [6.07, 6.45) is 4.89. The first-order valence-electron chi connectivity index (χ1n) is 10.00. The van der Waals surface area contributed by atoms with Crippen LogP contribution in [0, 0.1) is 5.82 Å². The van der Waals surface area contributed by atoms with E-state index >= 15 is 0 Å². The van der Waals surface area contributed by atoms with Gasteiger partial charge < -0.3 is 25.2 Å². The maximum absolute atomic E-state index is 13.1. The van der Waals surface area contributed by atoms with Gasteiger partial charge in [0.05, 0.1) is 25.9 Å². The first kappa shape index (κ1) is 23.1. The number of aromatic nitrogens is 2. The minimum absolute atomic E-state index is 0.0661. The van der Waals surface area contributed by atoms with Crippen LogP contribution >= 0.6 is 0 Å². The molecule has 1 atom stereocenters. The summed E-state index contributed by atoms with van der Waals surface area (Å²) in [7, 11) is 0. The van der Waals surface area contributed by atoms with Gasteiger partial charge in [0.25, 0.3) is 5.91 Å². The Morgan fingerprint density at radius 1 is 1.38 bits per heavy atom. The summed E-state index contributed by atoms with van der Waals surface area (Å²) >= 11 is 0. The number of halogens is 1. The van der Waals surface area contributed by atoms with E-state index in [1.54, 1.807) is 19.1 Å². The van der Waals surface area contributed by atoms with Crippen molar-refractivity contribution in [2.75, 3.05) is 31.3 Å². The highest BCUT2D eigenvalue weighted by Gasteiger charge is 2.25. The topological polar surface area (TPSA) is 111 Å². The molecule has 0 saturated carbocycles. The van der Waals surface area contributed by atoms with Crippen LogP contribution in [0.25, 0.3) is 5.57 Å². The maximum atomic E-state index is 13.1. The quantitative estimate of drug-likeness (QED) is 0.479. The van der Waals surface area contributed by atoms with Crippen molar-refractivity contribution in [3.8, 4) is 5.75 Å². The summed E-state index contributed by atoms with van der Waals surface area (Å²) in [4.78, 5) is 22.6. The predicted octanol–water partition coefficient (Wildman–Crippen LogP) is 2.46. The van der Waals surface area contributed by atoms with Gasteiger partial charge in [-0.2, -0.15) is 0 Å². The minimum Gasteiger partial charge on any atom is -0.457 e. The minimum atomic E-state index is -0.682. The number of aliphatic hydroxyl groups is 1. The Hall–Kier alpha value is -3.56. The second kappa shape index (κ2) is 10.7. The van der Waals surface area contributed by atoms with Gasteiger partial charge in [-0.15, -0.1) is 0 Å². The molecule has 8 nitrogen and oxygen atoms in total. The molecule has 2 aromatic rings. The highest BCUT2D eigenvalue weighted by molar-refractivity contribution is 5.91. The fourth-order valence-corrected chi connectivity index (χ4v) is 3.06. The van der Waals surface area contributed by atoms with Crippen molar-refractivity contribution < 1.29 is 23.8 Å². The average molecular weight is 440 g/mol. The number of amides is 1. The number of hydrogen-bond donors (Lipinski definition) is 2. The van der Waals surface area contributed by atoms with Crippen LogP contribution in [0.3, 0.4) is 0 Å². The SMILES string of the molecule is C=C/C(=C\C=C(/C)c1nc(C(N)=O)cc(N2CCOCC2CO)n1)Oc1ccc(F)cc1. The van der Waals surface area contributed by atoms with Gasteiger partial charge in [0.15, 0.2) is 5.82 Å². The van der Waals surface area contributed by atoms with E-state index in [-0.39, 0.29) is 24.2 Å². The first-order valence-corrected chi connectivity index (χ1v) is 10.00. The second-order valence-corrected chi connectivity index (χ2v) is 7.08. The average Bonchev–Trinajstić information content (AvgIpc) is 2.82. The fraction of sp³-hybridized carbons (Fsp3) is 0.261. The highest BCUT2D eigenvalue weighted by atomic mass is 19.1. The molecule has 1 fully saturated rings. The third-order valence-electron chi connectivity index (χ3n) is 4.80. The van der Waals surface area contributed by atoms with Crippen LogP contribution < -0.4 is 15.4 Å². The molecule has 1 aromatic carbocycles. The summed E-state index contributed by atoms with van der Waals surface area (Å²) in [6, 6.07) is 6.84. The Kier molecular flexibility index (Phi) is 7.69. The Morgan fingerprint density at radius 2 is 2.12 bits per heavy atom. The molecule has 1 saturated heterocycles. The number of nitrogens with zero attached hydrogens (tertiary/aromatic N) is 3. The Labute approximate surface area is 185 Å². The summed E-state index contributed by atoms with van der Waals surface area (Å²) in [6.45, 7) is 6.72. The molecule has 9 heteroatoms. The number of allylic oxidation sites excluding steroid dienone is 4. The standard InChI is InChI=1S/C23H25FN4O4/c1-3-18(32-19-8-5-16(24)6-9-19)7-4-15(2)23-26-20(22(25)30)12-21(27-23)28-10-11-31-14-17(28)13-29/h3-9,12,17,29H,1,10-11,13-14H2,2H3,(H2,25,30)/b15-4+,18-7+. The van der Waals surface area contributed by atoms with E-state index in [0.717, 1.165) is 0 Å². The van der Waals surface area contributed by atoms with Crippen LogP contribution in [0.1, 0.15) is 23.2 Å². The Morgan fingerprint density at radius 3 is 2.78 bits per heavy atom. The molecule has 1 aliphatic heterocycles. The lowest BCUT2D eigenvalue weighted by atomic mass is 10.2. The summed E-state index contributed by atoms with van der Waals surface area (Å²) in [5.74, 6) is 0.632. The second-order valence-electron chi connectivity index (χ2n) is 7.08. The summed E-state index contributed by atoms with van der Waals surface area (Å²) in [5.41, 5.74) is 6.19. The molecule has 2 heterocycles. The third kappa shape index (κ3) is 5.77. The van der Waals surface area contributed by atoms with Crippen LogP contribution in [-0.4, -0.2) is 53.4 Å². The van der Waals surface area contributed by atoms with Crippen molar-refractivity contribution in [3.05, 3.63) is 78.2 Å². The van der Waals surface area contributed by atoms with Crippen molar-refractivity contribution in [2.45, 2.75) is 13.0 Å². The van der Waals surface area contributed by atoms with E-state index in [9.17, 15) is 14.3 Å². The van der Waals surface area contributed by atoms with Crippen LogP contribution in [0.15, 0.2) is 60.9 Å². The molecule has 3 N–H and O–H groups in total. The highest BCUT2D eigenvalue weighted by Crippen LogP contribution is 2.22. The molecular weight excluding hydrogens is 415 g/mol. The molecule has 1 aliphatic rings. The van der Waals surface area contributed by atoms with Crippen LogP contribution in [0.5, 0.6) is 5.75 Å². The van der Waals surface area contributed by atoms with Gasteiger partial charge in [-0.25, -0.2) is 14.4 Å². The third-order valence-corrected chi connectivity index (χ3v) is 4.80.